The van der Waals surface area contributed by atoms with E-state index in [2.05, 4.69) is 29.0 Å². The number of nitrogens with one attached hydrogen (secondary N) is 2. The Hall–Kier alpha value is -2.11. The van der Waals surface area contributed by atoms with Gasteiger partial charge in [0.1, 0.15) is 5.69 Å². The number of aromatic nitrogens is 1. The van der Waals surface area contributed by atoms with Crippen LogP contribution in [0.25, 0.3) is 0 Å². The monoisotopic (exact) mass is 277 g/mol. The first-order chi connectivity index (χ1) is 9.43. The molecule has 0 atom stereocenters. The molecule has 0 aromatic carbocycles. The number of carbonyl (C=O) groups is 1. The Morgan fingerprint density at radius 2 is 2.25 bits per heavy atom. The average molecular weight is 277 g/mol. The number of hydrogen-bond acceptors (Lipinski definition) is 4. The first-order valence-corrected chi connectivity index (χ1v) is 6.70. The van der Waals surface area contributed by atoms with E-state index in [1.165, 1.54) is 0 Å². The van der Waals surface area contributed by atoms with Crippen molar-refractivity contribution in [1.29, 1.82) is 5.41 Å². The molecular weight excluding hydrogens is 254 g/mol. The molecule has 0 radical (unpaired) electrons. The summed E-state index contributed by atoms with van der Waals surface area (Å²) in [6, 6.07) is 3.64. The summed E-state index contributed by atoms with van der Waals surface area (Å²) in [7, 11) is 1.58. The SMILES string of the molecule is CNC(=O)c1cc(N(CCC(=N)N)CC(C)C)ccn1. The highest BCUT2D eigenvalue weighted by atomic mass is 16.1. The second kappa shape index (κ2) is 7.47. The lowest BCUT2D eigenvalue weighted by Gasteiger charge is -2.26. The summed E-state index contributed by atoms with van der Waals surface area (Å²) >= 11 is 0. The molecule has 6 heteroatoms. The Labute approximate surface area is 119 Å². The second-order valence-electron chi connectivity index (χ2n) is 5.09. The Bertz CT molecular complexity index is 472. The summed E-state index contributed by atoms with van der Waals surface area (Å²) in [5, 5.41) is 9.91. The van der Waals surface area contributed by atoms with Gasteiger partial charge in [0.15, 0.2) is 0 Å². The number of nitrogens with two attached hydrogens (primary N) is 1. The minimum atomic E-state index is -0.206. The Morgan fingerprint density at radius 1 is 1.55 bits per heavy atom. The zero-order valence-corrected chi connectivity index (χ0v) is 12.3. The maximum absolute atomic E-state index is 11.6. The Balaban J connectivity index is 2.94. The van der Waals surface area contributed by atoms with Gasteiger partial charge in [0, 0.05) is 38.4 Å². The Morgan fingerprint density at radius 3 is 2.80 bits per heavy atom. The van der Waals surface area contributed by atoms with Crippen molar-refractivity contribution in [1.82, 2.24) is 10.3 Å². The van der Waals surface area contributed by atoms with E-state index in [-0.39, 0.29) is 11.7 Å². The van der Waals surface area contributed by atoms with E-state index in [1.54, 1.807) is 19.3 Å². The number of rotatable bonds is 7. The lowest BCUT2D eigenvalue weighted by Crippen LogP contribution is -2.31. The highest BCUT2D eigenvalue weighted by molar-refractivity contribution is 5.92. The van der Waals surface area contributed by atoms with Crippen molar-refractivity contribution in [3.05, 3.63) is 24.0 Å². The molecular formula is C14H23N5O. The van der Waals surface area contributed by atoms with Gasteiger partial charge in [-0.25, -0.2) is 0 Å². The second-order valence-corrected chi connectivity index (χ2v) is 5.09. The van der Waals surface area contributed by atoms with Gasteiger partial charge in [-0.1, -0.05) is 13.8 Å². The number of pyridine rings is 1. The summed E-state index contributed by atoms with van der Waals surface area (Å²) in [6.45, 7) is 5.75. The molecule has 1 amide bonds. The number of amidine groups is 1. The van der Waals surface area contributed by atoms with Crippen LogP contribution in [0.1, 0.15) is 30.8 Å². The van der Waals surface area contributed by atoms with E-state index >= 15 is 0 Å². The lowest BCUT2D eigenvalue weighted by atomic mass is 10.1. The van der Waals surface area contributed by atoms with Crippen molar-refractivity contribution in [2.45, 2.75) is 20.3 Å². The zero-order chi connectivity index (χ0) is 15.1. The Kier molecular flexibility index (Phi) is 5.96. The van der Waals surface area contributed by atoms with Gasteiger partial charge in [0.2, 0.25) is 0 Å². The van der Waals surface area contributed by atoms with Crippen LogP contribution < -0.4 is 16.0 Å². The van der Waals surface area contributed by atoms with Crippen LogP contribution in [0.3, 0.4) is 0 Å². The normalized spacial score (nSPS) is 10.4. The fourth-order valence-corrected chi connectivity index (χ4v) is 1.89. The van der Waals surface area contributed by atoms with Gasteiger partial charge in [0.25, 0.3) is 5.91 Å². The van der Waals surface area contributed by atoms with E-state index in [4.69, 9.17) is 11.1 Å². The molecule has 0 fully saturated rings. The maximum Gasteiger partial charge on any atom is 0.269 e. The fourth-order valence-electron chi connectivity index (χ4n) is 1.89. The van der Waals surface area contributed by atoms with Gasteiger partial charge in [-0.2, -0.15) is 0 Å². The van der Waals surface area contributed by atoms with Crippen LogP contribution in [0.4, 0.5) is 5.69 Å². The van der Waals surface area contributed by atoms with Crippen molar-refractivity contribution >= 4 is 17.4 Å². The molecule has 4 N–H and O–H groups in total. The molecule has 0 unspecified atom stereocenters. The third kappa shape index (κ3) is 4.87. The number of hydrogen-bond donors (Lipinski definition) is 3. The van der Waals surface area contributed by atoms with Crippen molar-refractivity contribution in [2.75, 3.05) is 25.0 Å². The molecule has 1 rings (SSSR count). The minimum Gasteiger partial charge on any atom is -0.388 e. The van der Waals surface area contributed by atoms with E-state index in [0.717, 1.165) is 12.2 Å². The summed E-state index contributed by atoms with van der Waals surface area (Å²) < 4.78 is 0. The van der Waals surface area contributed by atoms with Crippen LogP contribution in [0, 0.1) is 11.3 Å². The van der Waals surface area contributed by atoms with Crippen LogP contribution in [-0.4, -0.2) is 36.9 Å². The molecule has 1 aromatic heterocycles. The highest BCUT2D eigenvalue weighted by Crippen LogP contribution is 2.16. The van der Waals surface area contributed by atoms with Gasteiger partial charge in [-0.15, -0.1) is 0 Å². The molecule has 0 saturated carbocycles. The number of anilines is 1. The molecule has 0 bridgehead atoms. The summed E-state index contributed by atoms with van der Waals surface area (Å²) in [5.41, 5.74) is 6.74. The fraction of sp³-hybridized carbons (Fsp3) is 0.500. The van der Waals surface area contributed by atoms with Crippen LogP contribution >= 0.6 is 0 Å². The molecule has 1 aromatic rings. The molecule has 0 spiro atoms. The topological polar surface area (TPSA) is 95.1 Å². The maximum atomic E-state index is 11.6. The van der Waals surface area contributed by atoms with Gasteiger partial charge in [0.05, 0.1) is 5.84 Å². The molecule has 110 valence electrons. The zero-order valence-electron chi connectivity index (χ0n) is 12.3. The first kappa shape index (κ1) is 15.9. The van der Waals surface area contributed by atoms with E-state index in [0.29, 0.717) is 24.6 Å². The first-order valence-electron chi connectivity index (χ1n) is 6.70. The molecule has 0 aliphatic carbocycles. The van der Waals surface area contributed by atoms with Crippen molar-refractivity contribution in [2.24, 2.45) is 11.7 Å². The number of carbonyl (C=O) groups excluding carboxylic acids is 1. The molecule has 0 aliphatic rings. The van der Waals surface area contributed by atoms with E-state index < -0.39 is 0 Å². The quantitative estimate of drug-likeness (QED) is 0.516. The largest absolute Gasteiger partial charge is 0.388 e. The van der Waals surface area contributed by atoms with Crippen molar-refractivity contribution in [3.8, 4) is 0 Å². The van der Waals surface area contributed by atoms with Gasteiger partial charge >= 0.3 is 0 Å². The minimum absolute atomic E-state index is 0.166. The standard InChI is InChI=1S/C14H23N5O/c1-10(2)9-19(7-5-13(15)16)11-4-6-18-12(8-11)14(20)17-3/h4,6,8,10H,5,7,9H2,1-3H3,(H3,15,16)(H,17,20). The van der Waals surface area contributed by atoms with Gasteiger partial charge < -0.3 is 16.0 Å². The highest BCUT2D eigenvalue weighted by Gasteiger charge is 2.12. The molecule has 1 heterocycles. The molecule has 6 nitrogen and oxygen atoms in total. The average Bonchev–Trinajstić information content (AvgIpc) is 2.42. The summed E-state index contributed by atoms with van der Waals surface area (Å²) in [5.74, 6) is 0.431. The smallest absolute Gasteiger partial charge is 0.269 e. The third-order valence-electron chi connectivity index (χ3n) is 2.80. The van der Waals surface area contributed by atoms with Crippen molar-refractivity contribution < 1.29 is 4.79 Å². The van der Waals surface area contributed by atoms with Crippen LogP contribution in [0.2, 0.25) is 0 Å². The molecule has 0 saturated heterocycles. The van der Waals surface area contributed by atoms with Crippen LogP contribution in [-0.2, 0) is 0 Å². The van der Waals surface area contributed by atoms with Crippen LogP contribution in [0.15, 0.2) is 18.3 Å². The number of nitrogens with zero attached hydrogens (tertiary/aromatic N) is 2. The van der Waals surface area contributed by atoms with Crippen LogP contribution in [0.5, 0.6) is 0 Å². The van der Waals surface area contributed by atoms with E-state index in [1.807, 2.05) is 6.07 Å². The van der Waals surface area contributed by atoms with Gasteiger partial charge in [-0.05, 0) is 18.1 Å². The predicted molar refractivity (Wildman–Crippen MR) is 81.2 cm³/mol. The molecule has 0 aliphatic heterocycles. The summed E-state index contributed by atoms with van der Waals surface area (Å²) in [4.78, 5) is 17.8. The van der Waals surface area contributed by atoms with Gasteiger partial charge in [-0.3, -0.25) is 15.2 Å². The van der Waals surface area contributed by atoms with E-state index in [9.17, 15) is 4.79 Å². The number of amides is 1. The third-order valence-corrected chi connectivity index (χ3v) is 2.80. The lowest BCUT2D eigenvalue weighted by molar-refractivity contribution is 0.0958. The molecule has 20 heavy (non-hydrogen) atoms. The van der Waals surface area contributed by atoms with Crippen molar-refractivity contribution in [3.63, 3.8) is 0 Å². The summed E-state index contributed by atoms with van der Waals surface area (Å²) in [6.07, 6.45) is 2.13. The predicted octanol–water partition coefficient (Wildman–Crippen LogP) is 1.23.